The van der Waals surface area contributed by atoms with Crippen LogP contribution in [-0.2, 0) is 11.8 Å². The van der Waals surface area contributed by atoms with Crippen LogP contribution in [-0.4, -0.2) is 48.9 Å². The third kappa shape index (κ3) is 1.70. The van der Waals surface area contributed by atoms with Crippen LogP contribution in [0.1, 0.15) is 34.5 Å². The molecule has 1 N–H and O–H groups in total. The number of aliphatic hydroxyl groups is 1. The molecule has 2 aliphatic heterocycles. The maximum absolute atomic E-state index is 10.7. The van der Waals surface area contributed by atoms with Gasteiger partial charge in [-0.3, -0.25) is 0 Å². The van der Waals surface area contributed by atoms with E-state index in [1.165, 1.54) is 5.56 Å². The molecule has 23 heavy (non-hydrogen) atoms. The van der Waals surface area contributed by atoms with Gasteiger partial charge < -0.3 is 19.5 Å². The average Bonchev–Trinajstić information content (AvgIpc) is 2.89. The molecule has 1 aromatic carbocycles. The molecule has 5 rings (SSSR count). The second-order valence-corrected chi connectivity index (χ2v) is 7.18. The minimum Gasteiger partial charge on any atom is -0.493 e. The van der Waals surface area contributed by atoms with Crippen molar-refractivity contribution in [2.24, 2.45) is 5.92 Å². The van der Waals surface area contributed by atoms with Crippen molar-refractivity contribution < 1.29 is 18.7 Å². The zero-order chi connectivity index (χ0) is 17.6. The molecule has 1 saturated carbocycles. The number of likely N-dealkylation sites (N-methyl/N-ethyl adjacent to an activating group) is 1. The summed E-state index contributed by atoms with van der Waals surface area (Å²) in [5, 5.41) is 10.7. The van der Waals surface area contributed by atoms with Crippen molar-refractivity contribution >= 4 is 12.4 Å². The molecule has 0 unspecified atom stereocenters. The SMILES string of the molecule is Cl.[2H]C([2H])([2H])N1CC[C@]23c4c5ccc(OC)c4O[C@H]2[C@@H](O)CC[C@H]3[C@H]1C5. The van der Waals surface area contributed by atoms with E-state index >= 15 is 0 Å². The predicted octanol–water partition coefficient (Wildman–Crippen LogP) is 2.15. The first kappa shape index (κ1) is 12.4. The van der Waals surface area contributed by atoms with Crippen molar-refractivity contribution in [1.82, 2.24) is 4.90 Å². The van der Waals surface area contributed by atoms with E-state index in [0.29, 0.717) is 25.1 Å². The van der Waals surface area contributed by atoms with Crippen LogP contribution >= 0.6 is 12.4 Å². The number of rotatable bonds is 1. The number of nitrogens with zero attached hydrogens (tertiary/aromatic N) is 1. The average molecular weight is 341 g/mol. The fourth-order valence-electron chi connectivity index (χ4n) is 5.67. The summed E-state index contributed by atoms with van der Waals surface area (Å²) in [6, 6.07) is 3.94. The summed E-state index contributed by atoms with van der Waals surface area (Å²) in [5.74, 6) is 1.69. The van der Waals surface area contributed by atoms with E-state index in [1.54, 1.807) is 12.0 Å². The molecule has 4 aliphatic rings. The Hall–Kier alpha value is -0.970. The van der Waals surface area contributed by atoms with Crippen molar-refractivity contribution in [2.75, 3.05) is 20.6 Å². The van der Waals surface area contributed by atoms with Crippen molar-refractivity contribution in [3.05, 3.63) is 23.3 Å². The van der Waals surface area contributed by atoms with Crippen molar-refractivity contribution in [1.29, 1.82) is 0 Å². The van der Waals surface area contributed by atoms with Gasteiger partial charge in [-0.25, -0.2) is 0 Å². The minimum absolute atomic E-state index is 0. The normalized spacial score (nSPS) is 42.4. The van der Waals surface area contributed by atoms with Gasteiger partial charge >= 0.3 is 0 Å². The number of likely N-dealkylation sites (tertiary alicyclic amines) is 1. The number of halogens is 1. The lowest BCUT2D eigenvalue weighted by atomic mass is 9.51. The topological polar surface area (TPSA) is 41.9 Å². The summed E-state index contributed by atoms with van der Waals surface area (Å²) in [5.41, 5.74) is 2.06. The van der Waals surface area contributed by atoms with Gasteiger partial charge in [0.05, 0.1) is 13.2 Å². The summed E-state index contributed by atoms with van der Waals surface area (Å²) in [4.78, 5) is 1.71. The highest BCUT2D eigenvalue weighted by atomic mass is 35.5. The zero-order valence-electron chi connectivity index (χ0n) is 16.1. The molecule has 0 amide bonds. The second-order valence-electron chi connectivity index (χ2n) is 7.18. The maximum Gasteiger partial charge on any atom is 0.165 e. The molecule has 1 spiro atoms. The van der Waals surface area contributed by atoms with Crippen LogP contribution in [0.5, 0.6) is 11.5 Å². The Labute approximate surface area is 147 Å². The molecule has 2 bridgehead atoms. The molecular formula is C18H24ClNO3. The van der Waals surface area contributed by atoms with Crippen LogP contribution < -0.4 is 9.47 Å². The quantitative estimate of drug-likeness (QED) is 0.850. The predicted molar refractivity (Wildman–Crippen MR) is 89.8 cm³/mol. The van der Waals surface area contributed by atoms with E-state index in [9.17, 15) is 5.11 Å². The third-order valence-electron chi connectivity index (χ3n) is 6.49. The standard InChI is InChI=1S/C18H23NO3.ClH/c1-19-8-7-18-11-4-5-13(20)17(18)22-16-14(21-2)6-3-10(15(16)18)9-12(11)19;/h3,6,11-13,17,20H,4-5,7-9H2,1-2H3;1H/t11-,12+,13-,17-,18-;/m0./s1/i1D3;. The molecule has 1 aromatic rings. The number of piperidine rings is 1. The van der Waals surface area contributed by atoms with Crippen LogP contribution in [0.3, 0.4) is 0 Å². The fraction of sp³-hybridized carbons (Fsp3) is 0.667. The highest BCUT2D eigenvalue weighted by Gasteiger charge is 2.65. The largest absolute Gasteiger partial charge is 0.493 e. The Morgan fingerprint density at radius 3 is 3.09 bits per heavy atom. The van der Waals surface area contributed by atoms with Crippen LogP contribution in [0.2, 0.25) is 0 Å². The Kier molecular flexibility index (Phi) is 2.70. The summed E-state index contributed by atoms with van der Waals surface area (Å²) >= 11 is 0. The zero-order valence-corrected chi connectivity index (χ0v) is 13.9. The molecule has 2 aliphatic carbocycles. The summed E-state index contributed by atoms with van der Waals surface area (Å²) < 4.78 is 35.7. The highest BCUT2D eigenvalue weighted by Crippen LogP contribution is 2.63. The maximum atomic E-state index is 10.7. The number of aliphatic hydroxyl groups excluding tert-OH is 1. The molecule has 2 heterocycles. The van der Waals surface area contributed by atoms with Gasteiger partial charge in [-0.15, -0.1) is 12.4 Å². The summed E-state index contributed by atoms with van der Waals surface area (Å²) in [7, 11) is 1.64. The summed E-state index contributed by atoms with van der Waals surface area (Å²) in [6.45, 7) is -1.57. The molecular weight excluding hydrogens is 314 g/mol. The molecule has 126 valence electrons. The number of ether oxygens (including phenoxy) is 2. The van der Waals surface area contributed by atoms with E-state index in [2.05, 4.69) is 6.07 Å². The van der Waals surface area contributed by atoms with Crippen molar-refractivity contribution in [3.8, 4) is 11.5 Å². The molecule has 0 aromatic heterocycles. The molecule has 1 saturated heterocycles. The Morgan fingerprint density at radius 1 is 1.43 bits per heavy atom. The van der Waals surface area contributed by atoms with Gasteiger partial charge in [0.1, 0.15) is 6.10 Å². The smallest absolute Gasteiger partial charge is 0.165 e. The van der Waals surface area contributed by atoms with Crippen molar-refractivity contribution in [3.63, 3.8) is 0 Å². The third-order valence-corrected chi connectivity index (χ3v) is 6.49. The van der Waals surface area contributed by atoms with Gasteiger partial charge in [0.25, 0.3) is 0 Å². The van der Waals surface area contributed by atoms with Gasteiger partial charge in [-0.2, -0.15) is 0 Å². The number of hydrogen-bond donors (Lipinski definition) is 1. The first-order valence-corrected chi connectivity index (χ1v) is 8.19. The Morgan fingerprint density at radius 2 is 2.30 bits per heavy atom. The fourth-order valence-corrected chi connectivity index (χ4v) is 5.67. The van der Waals surface area contributed by atoms with Gasteiger partial charge in [0.2, 0.25) is 0 Å². The van der Waals surface area contributed by atoms with Crippen LogP contribution in [0, 0.1) is 5.92 Å². The van der Waals surface area contributed by atoms with Crippen molar-refractivity contribution in [2.45, 2.75) is 49.3 Å². The van der Waals surface area contributed by atoms with E-state index < -0.39 is 13.1 Å². The number of methoxy groups -OCH3 is 1. The van der Waals surface area contributed by atoms with Gasteiger partial charge in [0, 0.05) is 21.1 Å². The van der Waals surface area contributed by atoms with Gasteiger partial charge in [0.15, 0.2) is 11.5 Å². The Bertz CT molecular complexity index is 743. The summed E-state index contributed by atoms with van der Waals surface area (Å²) in [6.07, 6.45) is 2.13. The van der Waals surface area contributed by atoms with Gasteiger partial charge in [-0.05, 0) is 56.8 Å². The molecule has 5 atom stereocenters. The van der Waals surface area contributed by atoms with Crippen LogP contribution in [0.4, 0.5) is 0 Å². The van der Waals surface area contributed by atoms with E-state index in [4.69, 9.17) is 13.6 Å². The van der Waals surface area contributed by atoms with E-state index in [1.807, 2.05) is 6.07 Å². The molecule has 4 nitrogen and oxygen atoms in total. The second kappa shape index (κ2) is 5.01. The molecule has 2 fully saturated rings. The Balaban J connectivity index is 0.00000168. The van der Waals surface area contributed by atoms with E-state index in [0.717, 1.165) is 24.2 Å². The highest BCUT2D eigenvalue weighted by molar-refractivity contribution is 5.85. The van der Waals surface area contributed by atoms with Gasteiger partial charge in [-0.1, -0.05) is 6.07 Å². The number of hydrogen-bond acceptors (Lipinski definition) is 4. The lowest BCUT2D eigenvalue weighted by molar-refractivity contribution is -0.0993. The first-order chi connectivity index (χ1) is 11.9. The first-order valence-electron chi connectivity index (χ1n) is 9.69. The monoisotopic (exact) mass is 340 g/mol. The van der Waals surface area contributed by atoms with Crippen LogP contribution in [0.25, 0.3) is 0 Å². The van der Waals surface area contributed by atoms with E-state index in [-0.39, 0.29) is 35.9 Å². The lowest BCUT2D eigenvalue weighted by Crippen LogP contribution is -2.66. The minimum atomic E-state index is -2.08. The molecule has 0 radical (unpaired) electrons. The number of benzene rings is 1. The lowest BCUT2D eigenvalue weighted by Gasteiger charge is -2.58. The van der Waals surface area contributed by atoms with Crippen LogP contribution in [0.15, 0.2) is 12.1 Å². The molecule has 5 heteroatoms.